The Morgan fingerprint density at radius 2 is 1.88 bits per heavy atom. The number of unbranched alkanes of at least 4 members (excludes halogenated alkanes) is 1. The van der Waals surface area contributed by atoms with Crippen LogP contribution in [0.5, 0.6) is 0 Å². The van der Waals surface area contributed by atoms with Crippen LogP contribution in [0, 0.1) is 7.43 Å². The van der Waals surface area contributed by atoms with Gasteiger partial charge in [0, 0.05) is 7.43 Å². The maximum Gasteiger partial charge on any atom is 0.0520 e. The van der Waals surface area contributed by atoms with Crippen LogP contribution < -0.4 is 11.5 Å². The highest BCUT2D eigenvalue weighted by atomic mass is 14.8. The lowest BCUT2D eigenvalue weighted by Gasteiger charge is -2.00. The molecule has 2 nitrogen and oxygen atoms in total. The Morgan fingerprint density at radius 1 is 1.38 bits per heavy atom. The molecule has 0 aromatic carbocycles. The van der Waals surface area contributed by atoms with E-state index < -0.39 is 0 Å². The molecule has 8 heavy (non-hydrogen) atoms. The normalized spacial score (nSPS) is 9.00. The van der Waals surface area contributed by atoms with Crippen LogP contribution in [0.25, 0.3) is 0 Å². The van der Waals surface area contributed by atoms with Crippen LogP contribution in [0.3, 0.4) is 0 Å². The molecule has 0 atom stereocenters. The summed E-state index contributed by atoms with van der Waals surface area (Å²) in [5.41, 5.74) is 10.5. The summed E-state index contributed by atoms with van der Waals surface area (Å²) in [5, 5.41) is 0. The van der Waals surface area contributed by atoms with Crippen molar-refractivity contribution in [2.24, 2.45) is 11.5 Å². The molecule has 4 N–H and O–H groups in total. The average Bonchev–Trinajstić information content (AvgIpc) is 1.61. The van der Waals surface area contributed by atoms with Crippen LogP contribution >= 0.6 is 0 Å². The van der Waals surface area contributed by atoms with Gasteiger partial charge in [-0.15, -0.1) is 0 Å². The van der Waals surface area contributed by atoms with Gasteiger partial charge in [-0.1, -0.05) is 19.8 Å². The number of hydrogen-bond acceptors (Lipinski definition) is 2. The van der Waals surface area contributed by atoms with Gasteiger partial charge in [0.15, 0.2) is 0 Å². The summed E-state index contributed by atoms with van der Waals surface area (Å²) < 4.78 is 0. The summed E-state index contributed by atoms with van der Waals surface area (Å²) in [4.78, 5) is 0. The van der Waals surface area contributed by atoms with Crippen molar-refractivity contribution in [3.8, 4) is 0 Å². The van der Waals surface area contributed by atoms with Gasteiger partial charge in [0.1, 0.15) is 0 Å². The molecule has 0 unspecified atom stereocenters. The molecule has 4 radical (unpaired) electrons. The van der Waals surface area contributed by atoms with Crippen molar-refractivity contribution in [3.05, 3.63) is 7.43 Å². The van der Waals surface area contributed by atoms with Crippen molar-refractivity contribution >= 4 is 0 Å². The third kappa shape index (κ3) is 9.33. The largest absolute Gasteiger partial charge is 0.316 e. The van der Waals surface area contributed by atoms with E-state index in [-0.39, 0.29) is 13.6 Å². The molecule has 0 aliphatic heterocycles. The number of rotatable bonds is 3. The Balaban J connectivity index is 0. The fraction of sp³-hybridized carbons (Fsp3) is 0.833. The molecule has 0 saturated heterocycles. The smallest absolute Gasteiger partial charge is 0.0520 e. The van der Waals surface area contributed by atoms with Gasteiger partial charge >= 0.3 is 0 Å². The van der Waals surface area contributed by atoms with Gasteiger partial charge in [-0.3, -0.25) is 0 Å². The van der Waals surface area contributed by atoms with E-state index in [0.717, 1.165) is 12.8 Å². The van der Waals surface area contributed by atoms with Gasteiger partial charge in [-0.25, -0.2) is 0 Å². The molecule has 2 heteroatoms. The van der Waals surface area contributed by atoms with Crippen LogP contribution in [-0.2, 0) is 0 Å². The second kappa shape index (κ2) is 6.92. The van der Waals surface area contributed by atoms with Crippen molar-refractivity contribution < 1.29 is 0 Å². The van der Waals surface area contributed by atoms with Gasteiger partial charge in [-0.05, 0) is 6.42 Å². The maximum absolute atomic E-state index is 5.26. The van der Waals surface area contributed by atoms with E-state index >= 15 is 0 Å². The van der Waals surface area contributed by atoms with Gasteiger partial charge < -0.3 is 11.5 Å². The Bertz CT molecular complexity index is 35.5. The van der Waals surface area contributed by atoms with E-state index in [2.05, 4.69) is 6.92 Å². The minimum absolute atomic E-state index is 0. The van der Waals surface area contributed by atoms with Crippen molar-refractivity contribution in [2.45, 2.75) is 32.4 Å². The molecule has 0 fully saturated rings. The zero-order chi connectivity index (χ0) is 5.70. The molecule has 0 aromatic rings. The molecule has 0 saturated carbocycles. The molecule has 48 valence electrons. The molecule has 0 rings (SSSR count). The second-order valence-corrected chi connectivity index (χ2v) is 1.81. The van der Waals surface area contributed by atoms with E-state index in [0.29, 0.717) is 0 Å². The highest BCUT2D eigenvalue weighted by molar-refractivity contribution is 4.48. The van der Waals surface area contributed by atoms with Gasteiger partial charge in [0.25, 0.3) is 0 Å². The van der Waals surface area contributed by atoms with Crippen molar-refractivity contribution in [1.82, 2.24) is 0 Å². The van der Waals surface area contributed by atoms with Crippen LogP contribution in [-0.4, -0.2) is 6.17 Å². The van der Waals surface area contributed by atoms with Crippen molar-refractivity contribution in [2.75, 3.05) is 0 Å². The SMILES string of the molecule is CCCCC(N)N.[C]. The van der Waals surface area contributed by atoms with Crippen LogP contribution in [0.2, 0.25) is 0 Å². The van der Waals surface area contributed by atoms with Crippen molar-refractivity contribution in [3.63, 3.8) is 0 Å². The van der Waals surface area contributed by atoms with E-state index in [4.69, 9.17) is 11.5 Å². The Labute approximate surface area is 52.2 Å². The second-order valence-electron chi connectivity index (χ2n) is 1.81. The van der Waals surface area contributed by atoms with Crippen molar-refractivity contribution in [1.29, 1.82) is 0 Å². The minimum atomic E-state index is -0.0973. The number of hydrogen-bond donors (Lipinski definition) is 2. The molecule has 0 aliphatic rings. The van der Waals surface area contributed by atoms with Crippen LogP contribution in [0.15, 0.2) is 0 Å². The predicted octanol–water partition coefficient (Wildman–Crippen LogP) is 0.501. The van der Waals surface area contributed by atoms with Gasteiger partial charge in [-0.2, -0.15) is 0 Å². The Morgan fingerprint density at radius 3 is 2.00 bits per heavy atom. The Hall–Kier alpha value is -0.0800. The lowest BCUT2D eigenvalue weighted by molar-refractivity contribution is 0.595. The molecule has 0 aromatic heterocycles. The van der Waals surface area contributed by atoms with Gasteiger partial charge in [0.2, 0.25) is 0 Å². The zero-order valence-electron chi connectivity index (χ0n) is 5.35. The first-order chi connectivity index (χ1) is 3.27. The highest BCUT2D eigenvalue weighted by Gasteiger charge is 1.88. The van der Waals surface area contributed by atoms with E-state index in [1.165, 1.54) is 6.42 Å². The molecule has 0 spiro atoms. The fourth-order valence-corrected chi connectivity index (χ4v) is 0.440. The molecule has 0 heterocycles. The molecular weight excluding hydrogens is 100 g/mol. The molecule has 0 bridgehead atoms. The molecular formula is C6H14N2. The summed E-state index contributed by atoms with van der Waals surface area (Å²) in [6.07, 6.45) is 3.19. The topological polar surface area (TPSA) is 52.0 Å². The Kier molecular flexibility index (Phi) is 9.36. The standard InChI is InChI=1S/C5H14N2.C/c1-2-3-4-5(6)7;/h5H,2-4,6-7H2,1H3;. The van der Waals surface area contributed by atoms with E-state index in [1.54, 1.807) is 0 Å². The fourth-order valence-electron chi connectivity index (χ4n) is 0.440. The zero-order valence-corrected chi connectivity index (χ0v) is 5.35. The molecule has 0 aliphatic carbocycles. The lowest BCUT2D eigenvalue weighted by atomic mass is 10.2. The maximum atomic E-state index is 5.26. The minimum Gasteiger partial charge on any atom is -0.316 e. The third-order valence-electron chi connectivity index (χ3n) is 0.891. The average molecular weight is 114 g/mol. The first-order valence-corrected chi connectivity index (χ1v) is 2.78. The quantitative estimate of drug-likeness (QED) is 0.525. The monoisotopic (exact) mass is 114 g/mol. The third-order valence-corrected chi connectivity index (χ3v) is 0.891. The number of nitrogens with two attached hydrogens (primary N) is 2. The first kappa shape index (κ1) is 10.8. The van der Waals surface area contributed by atoms with E-state index in [1.807, 2.05) is 0 Å². The first-order valence-electron chi connectivity index (χ1n) is 2.78. The summed E-state index contributed by atoms with van der Waals surface area (Å²) >= 11 is 0. The lowest BCUT2D eigenvalue weighted by Crippen LogP contribution is -2.29. The summed E-state index contributed by atoms with van der Waals surface area (Å²) in [5.74, 6) is 0. The van der Waals surface area contributed by atoms with E-state index in [9.17, 15) is 0 Å². The summed E-state index contributed by atoms with van der Waals surface area (Å²) in [7, 11) is 0. The van der Waals surface area contributed by atoms with Crippen LogP contribution in [0.4, 0.5) is 0 Å². The summed E-state index contributed by atoms with van der Waals surface area (Å²) in [6.45, 7) is 2.13. The molecule has 0 amide bonds. The van der Waals surface area contributed by atoms with Gasteiger partial charge in [0.05, 0.1) is 6.17 Å². The highest BCUT2D eigenvalue weighted by Crippen LogP contribution is 1.91. The summed E-state index contributed by atoms with van der Waals surface area (Å²) in [6, 6.07) is 0. The van der Waals surface area contributed by atoms with Crippen LogP contribution in [0.1, 0.15) is 26.2 Å². The predicted molar refractivity (Wildman–Crippen MR) is 34.9 cm³/mol.